The van der Waals surface area contributed by atoms with Crippen molar-refractivity contribution in [3.05, 3.63) is 0 Å². The Kier molecular flexibility index (Phi) is 5.76. The monoisotopic (exact) mass is 300 g/mol. The second-order valence-electron chi connectivity index (χ2n) is 4.56. The van der Waals surface area contributed by atoms with Gasteiger partial charge in [0.25, 0.3) is 0 Å². The molecule has 0 spiro atoms. The molecule has 8 heteroatoms. The molecule has 20 heavy (non-hydrogen) atoms. The number of rotatable bonds is 0. The second-order valence-corrected chi connectivity index (χ2v) is 4.56. The number of esters is 2. The van der Waals surface area contributed by atoms with Gasteiger partial charge in [0.05, 0.1) is 26.1 Å². The molecule has 0 aromatic carbocycles. The van der Waals surface area contributed by atoms with Crippen molar-refractivity contribution in [2.75, 3.05) is 13.2 Å². The summed E-state index contributed by atoms with van der Waals surface area (Å²) < 4.78 is 62.6. The fourth-order valence-electron chi connectivity index (χ4n) is 1.60. The Labute approximate surface area is 113 Å². The highest BCUT2D eigenvalue weighted by Crippen LogP contribution is 2.41. The van der Waals surface area contributed by atoms with Gasteiger partial charge in [-0.15, -0.1) is 0 Å². The van der Waals surface area contributed by atoms with E-state index < -0.39 is 49.5 Å². The molecule has 0 amide bonds. The van der Waals surface area contributed by atoms with Crippen LogP contribution in [0.2, 0.25) is 0 Å². The zero-order chi connectivity index (χ0) is 15.2. The fraction of sp³-hybridized carbons (Fsp3) is 0.833. The van der Waals surface area contributed by atoms with Gasteiger partial charge >= 0.3 is 23.8 Å². The zero-order valence-corrected chi connectivity index (χ0v) is 10.8. The minimum atomic E-state index is -4.36. The summed E-state index contributed by atoms with van der Waals surface area (Å²) in [6.45, 7) is -0.0311. The summed E-state index contributed by atoms with van der Waals surface area (Å²) in [6.07, 6.45) is -3.38. The quantitative estimate of drug-likeness (QED) is 0.510. The van der Waals surface area contributed by atoms with Crippen LogP contribution in [0.15, 0.2) is 0 Å². The molecule has 0 aromatic rings. The molecule has 0 N–H and O–H groups in total. The number of halogens is 4. The lowest BCUT2D eigenvalue weighted by atomic mass is 10.0. The van der Waals surface area contributed by atoms with Crippen molar-refractivity contribution in [1.82, 2.24) is 0 Å². The van der Waals surface area contributed by atoms with E-state index in [1.807, 2.05) is 0 Å². The number of carbonyl (C=O) groups is 2. The van der Waals surface area contributed by atoms with Crippen LogP contribution in [0.4, 0.5) is 17.6 Å². The first-order valence-corrected chi connectivity index (χ1v) is 6.31. The summed E-state index contributed by atoms with van der Waals surface area (Å²) in [7, 11) is 0. The van der Waals surface area contributed by atoms with Gasteiger partial charge in [-0.25, -0.2) is 0 Å². The lowest BCUT2D eigenvalue weighted by molar-refractivity contribution is -0.218. The van der Waals surface area contributed by atoms with Crippen LogP contribution in [0.5, 0.6) is 0 Å². The zero-order valence-electron chi connectivity index (χ0n) is 10.8. The summed E-state index contributed by atoms with van der Waals surface area (Å²) >= 11 is 0. The van der Waals surface area contributed by atoms with E-state index in [1.165, 1.54) is 0 Å². The number of hydrogen-bond donors (Lipinski definition) is 0. The summed E-state index contributed by atoms with van der Waals surface area (Å²) in [5.41, 5.74) is 0. The van der Waals surface area contributed by atoms with E-state index in [0.717, 1.165) is 0 Å². The topological polar surface area (TPSA) is 52.6 Å². The highest BCUT2D eigenvalue weighted by Gasteiger charge is 2.55. The summed E-state index contributed by atoms with van der Waals surface area (Å²) in [6, 6.07) is 0. The van der Waals surface area contributed by atoms with Crippen LogP contribution in [0, 0.1) is 0 Å². The molecule has 0 aliphatic carbocycles. The van der Waals surface area contributed by atoms with Crippen molar-refractivity contribution >= 4 is 11.9 Å². The number of alkyl halides is 4. The molecule has 1 heterocycles. The van der Waals surface area contributed by atoms with E-state index in [9.17, 15) is 27.2 Å². The van der Waals surface area contributed by atoms with Gasteiger partial charge in [0.15, 0.2) is 0 Å². The normalized spacial score (nSPS) is 25.2. The third-order valence-corrected chi connectivity index (χ3v) is 2.89. The fourth-order valence-corrected chi connectivity index (χ4v) is 1.60. The minimum Gasteiger partial charge on any atom is -0.466 e. The molecule has 0 radical (unpaired) electrons. The molecule has 0 aromatic heterocycles. The maximum absolute atomic E-state index is 13.3. The molecule has 0 unspecified atom stereocenters. The number of hydrogen-bond acceptors (Lipinski definition) is 4. The van der Waals surface area contributed by atoms with Gasteiger partial charge in [0.2, 0.25) is 0 Å². The van der Waals surface area contributed by atoms with Crippen molar-refractivity contribution in [3.63, 3.8) is 0 Å². The van der Waals surface area contributed by atoms with Crippen LogP contribution in [0.1, 0.15) is 38.5 Å². The third-order valence-electron chi connectivity index (χ3n) is 2.89. The molecule has 1 saturated heterocycles. The van der Waals surface area contributed by atoms with Gasteiger partial charge in [0, 0.05) is 12.8 Å². The van der Waals surface area contributed by atoms with Gasteiger partial charge < -0.3 is 9.47 Å². The summed E-state index contributed by atoms with van der Waals surface area (Å²) in [4.78, 5) is 22.2. The molecule has 116 valence electrons. The number of ether oxygens (including phenoxy) is 2. The standard InChI is InChI=1S/C12H16F4O4/c13-11(14)5-3-9(17)19-7-1-2-8-20-10(18)4-6-12(11,15)16/h1-8H2. The number of carbonyl (C=O) groups excluding carboxylic acids is 2. The Morgan fingerprint density at radius 1 is 0.750 bits per heavy atom. The molecule has 0 atom stereocenters. The van der Waals surface area contributed by atoms with Gasteiger partial charge in [0.1, 0.15) is 0 Å². The Hall–Kier alpha value is -1.34. The molecule has 1 rings (SSSR count). The Bertz CT molecular complexity index is 323. The Morgan fingerprint density at radius 3 is 1.45 bits per heavy atom. The van der Waals surface area contributed by atoms with Crippen molar-refractivity contribution < 1.29 is 36.6 Å². The van der Waals surface area contributed by atoms with Crippen molar-refractivity contribution in [2.45, 2.75) is 50.4 Å². The molecule has 1 aliphatic rings. The van der Waals surface area contributed by atoms with Gasteiger partial charge in [-0.1, -0.05) is 0 Å². The highest BCUT2D eigenvalue weighted by molar-refractivity contribution is 5.70. The average Bonchev–Trinajstić information content (AvgIpc) is 2.37. The van der Waals surface area contributed by atoms with Crippen LogP contribution in [0.25, 0.3) is 0 Å². The van der Waals surface area contributed by atoms with Crippen molar-refractivity contribution in [1.29, 1.82) is 0 Å². The molecular formula is C12H16F4O4. The third kappa shape index (κ3) is 4.97. The van der Waals surface area contributed by atoms with E-state index in [2.05, 4.69) is 9.47 Å². The molecule has 1 fully saturated rings. The molecule has 4 nitrogen and oxygen atoms in total. The predicted molar refractivity (Wildman–Crippen MR) is 59.5 cm³/mol. The highest BCUT2D eigenvalue weighted by atomic mass is 19.3. The molecule has 1 aliphatic heterocycles. The SMILES string of the molecule is O=C1CCC(F)(F)C(F)(F)CCC(=O)OCCCCO1. The average molecular weight is 300 g/mol. The molecular weight excluding hydrogens is 284 g/mol. The van der Waals surface area contributed by atoms with E-state index in [-0.39, 0.29) is 13.2 Å². The first-order chi connectivity index (χ1) is 9.24. The van der Waals surface area contributed by atoms with E-state index >= 15 is 0 Å². The molecule has 0 saturated carbocycles. The Balaban J connectivity index is 2.70. The Morgan fingerprint density at radius 2 is 1.10 bits per heavy atom. The van der Waals surface area contributed by atoms with Crippen LogP contribution in [-0.2, 0) is 19.1 Å². The van der Waals surface area contributed by atoms with Crippen LogP contribution in [-0.4, -0.2) is 37.0 Å². The lowest BCUT2D eigenvalue weighted by Crippen LogP contribution is -2.41. The predicted octanol–water partition coefficient (Wildman–Crippen LogP) is 2.70. The largest absolute Gasteiger partial charge is 0.466 e. The van der Waals surface area contributed by atoms with Crippen molar-refractivity contribution in [2.24, 2.45) is 0 Å². The number of cyclic esters (lactones) is 2. The van der Waals surface area contributed by atoms with Crippen LogP contribution in [0.3, 0.4) is 0 Å². The van der Waals surface area contributed by atoms with E-state index in [4.69, 9.17) is 0 Å². The first kappa shape index (κ1) is 16.7. The van der Waals surface area contributed by atoms with Gasteiger partial charge in [-0.2, -0.15) is 17.6 Å². The maximum atomic E-state index is 13.3. The summed E-state index contributed by atoms with van der Waals surface area (Å²) in [5.74, 6) is -10.6. The van der Waals surface area contributed by atoms with Gasteiger partial charge in [-0.3, -0.25) is 9.59 Å². The van der Waals surface area contributed by atoms with E-state index in [1.54, 1.807) is 0 Å². The summed E-state index contributed by atoms with van der Waals surface area (Å²) in [5, 5.41) is 0. The molecule has 0 bridgehead atoms. The lowest BCUT2D eigenvalue weighted by Gasteiger charge is -2.26. The van der Waals surface area contributed by atoms with Crippen LogP contribution < -0.4 is 0 Å². The van der Waals surface area contributed by atoms with Crippen molar-refractivity contribution in [3.8, 4) is 0 Å². The van der Waals surface area contributed by atoms with Crippen LogP contribution >= 0.6 is 0 Å². The smallest absolute Gasteiger partial charge is 0.310 e. The van der Waals surface area contributed by atoms with E-state index in [0.29, 0.717) is 12.8 Å². The second kappa shape index (κ2) is 6.90. The minimum absolute atomic E-state index is 0.0155. The maximum Gasteiger partial charge on any atom is 0.310 e. The first-order valence-electron chi connectivity index (χ1n) is 6.31. The van der Waals surface area contributed by atoms with Gasteiger partial charge in [-0.05, 0) is 12.8 Å².